The van der Waals surface area contributed by atoms with Gasteiger partial charge in [-0.2, -0.15) is 5.26 Å². The van der Waals surface area contributed by atoms with Gasteiger partial charge < -0.3 is 5.32 Å². The zero-order valence-electron chi connectivity index (χ0n) is 11.9. The molecule has 2 nitrogen and oxygen atoms in total. The van der Waals surface area contributed by atoms with Gasteiger partial charge in [0.2, 0.25) is 0 Å². The monoisotopic (exact) mass is 388 g/mol. The maximum Gasteiger partial charge on any atom is 0.0861 e. The Kier molecular flexibility index (Phi) is 3.90. The normalized spacial score (nSPS) is 24.0. The van der Waals surface area contributed by atoms with Gasteiger partial charge in [0.1, 0.15) is 0 Å². The number of halogens is 1. The molecular weight excluding hydrogens is 371 g/mol. The standard InChI is InChI=1S/C18H17IN2/c1-13-7-8-15(9-17(13)19)21-16-10-18(11-16,12-20)14-5-3-2-4-6-14/h2-9,16,21H,10-11H2,1H3. The van der Waals surface area contributed by atoms with Crippen LogP contribution in [0.3, 0.4) is 0 Å². The molecule has 2 aromatic carbocycles. The minimum atomic E-state index is -0.309. The summed E-state index contributed by atoms with van der Waals surface area (Å²) in [6, 6.07) is 19.5. The first-order valence-electron chi connectivity index (χ1n) is 7.12. The van der Waals surface area contributed by atoms with Crippen molar-refractivity contribution in [3.05, 3.63) is 63.2 Å². The second-order valence-corrected chi connectivity index (χ2v) is 6.94. The van der Waals surface area contributed by atoms with Crippen molar-refractivity contribution in [3.8, 4) is 6.07 Å². The number of nitrogens with zero attached hydrogens (tertiary/aromatic N) is 1. The summed E-state index contributed by atoms with van der Waals surface area (Å²) in [5.41, 5.74) is 3.28. The summed E-state index contributed by atoms with van der Waals surface area (Å²) in [5.74, 6) is 0. The molecule has 0 amide bonds. The quantitative estimate of drug-likeness (QED) is 0.778. The van der Waals surface area contributed by atoms with Crippen molar-refractivity contribution >= 4 is 28.3 Å². The Morgan fingerprint density at radius 1 is 1.19 bits per heavy atom. The lowest BCUT2D eigenvalue weighted by molar-refractivity contribution is 0.289. The van der Waals surface area contributed by atoms with Crippen molar-refractivity contribution in [3.63, 3.8) is 0 Å². The second-order valence-electron chi connectivity index (χ2n) is 5.77. The van der Waals surface area contributed by atoms with Crippen LogP contribution in [0.2, 0.25) is 0 Å². The van der Waals surface area contributed by atoms with Crippen LogP contribution in [0.1, 0.15) is 24.0 Å². The third-order valence-corrected chi connectivity index (χ3v) is 5.43. The molecule has 0 unspecified atom stereocenters. The summed E-state index contributed by atoms with van der Waals surface area (Å²) in [7, 11) is 0. The number of benzene rings is 2. The highest BCUT2D eigenvalue weighted by Gasteiger charge is 2.46. The van der Waals surface area contributed by atoms with Crippen LogP contribution in [0.15, 0.2) is 48.5 Å². The number of anilines is 1. The molecule has 0 heterocycles. The minimum Gasteiger partial charge on any atom is -0.382 e. The average molecular weight is 388 g/mol. The zero-order chi connectivity index (χ0) is 14.9. The highest BCUT2D eigenvalue weighted by molar-refractivity contribution is 14.1. The third kappa shape index (κ3) is 2.77. The van der Waals surface area contributed by atoms with Crippen molar-refractivity contribution in [2.24, 2.45) is 0 Å². The highest BCUT2D eigenvalue weighted by Crippen LogP contribution is 2.44. The van der Waals surface area contributed by atoms with Crippen LogP contribution in [0.4, 0.5) is 5.69 Å². The molecule has 0 saturated heterocycles. The van der Waals surface area contributed by atoms with Gasteiger partial charge in [0, 0.05) is 15.3 Å². The van der Waals surface area contributed by atoms with Crippen LogP contribution in [0.25, 0.3) is 0 Å². The average Bonchev–Trinajstić information content (AvgIpc) is 2.47. The maximum atomic E-state index is 9.58. The van der Waals surface area contributed by atoms with Crippen LogP contribution in [-0.4, -0.2) is 6.04 Å². The Labute approximate surface area is 139 Å². The summed E-state index contributed by atoms with van der Waals surface area (Å²) in [6.45, 7) is 2.12. The first-order valence-corrected chi connectivity index (χ1v) is 8.20. The molecule has 1 aliphatic carbocycles. The Bertz CT molecular complexity index is 682. The molecule has 1 saturated carbocycles. The van der Waals surface area contributed by atoms with Gasteiger partial charge in [-0.15, -0.1) is 0 Å². The maximum absolute atomic E-state index is 9.58. The molecular formula is C18H17IN2. The van der Waals surface area contributed by atoms with Gasteiger partial charge in [0.25, 0.3) is 0 Å². The van der Waals surface area contributed by atoms with Crippen molar-refractivity contribution in [1.82, 2.24) is 0 Å². The Morgan fingerprint density at radius 2 is 1.90 bits per heavy atom. The largest absolute Gasteiger partial charge is 0.382 e. The summed E-state index contributed by atoms with van der Waals surface area (Å²) in [5, 5.41) is 13.1. The molecule has 0 bridgehead atoms. The zero-order valence-corrected chi connectivity index (χ0v) is 14.1. The first kappa shape index (κ1) is 14.4. The molecule has 1 fully saturated rings. The first-order chi connectivity index (χ1) is 10.1. The lowest BCUT2D eigenvalue weighted by Gasteiger charge is -2.43. The summed E-state index contributed by atoms with van der Waals surface area (Å²) in [6.07, 6.45) is 1.75. The van der Waals surface area contributed by atoms with Crippen LogP contribution in [-0.2, 0) is 5.41 Å². The fraction of sp³-hybridized carbons (Fsp3) is 0.278. The lowest BCUT2D eigenvalue weighted by atomic mass is 9.62. The van der Waals surface area contributed by atoms with E-state index in [-0.39, 0.29) is 5.41 Å². The molecule has 0 aliphatic heterocycles. The molecule has 0 spiro atoms. The smallest absolute Gasteiger partial charge is 0.0861 e. The molecule has 3 rings (SSSR count). The number of rotatable bonds is 3. The molecule has 0 atom stereocenters. The third-order valence-electron chi connectivity index (χ3n) is 4.27. The molecule has 1 aliphatic rings. The number of hydrogen-bond acceptors (Lipinski definition) is 2. The molecule has 2 aromatic rings. The fourth-order valence-corrected chi connectivity index (χ4v) is 3.47. The van der Waals surface area contributed by atoms with Gasteiger partial charge in [-0.25, -0.2) is 0 Å². The SMILES string of the molecule is Cc1ccc(NC2CC(C#N)(c3ccccc3)C2)cc1I. The number of nitrogens with one attached hydrogen (secondary N) is 1. The molecule has 3 heteroatoms. The van der Waals surface area contributed by atoms with Crippen LogP contribution < -0.4 is 5.32 Å². The number of nitriles is 1. The summed E-state index contributed by atoms with van der Waals surface area (Å²) < 4.78 is 1.27. The van der Waals surface area contributed by atoms with Crippen LogP contribution >= 0.6 is 22.6 Å². The van der Waals surface area contributed by atoms with E-state index in [4.69, 9.17) is 0 Å². The van der Waals surface area contributed by atoms with Gasteiger partial charge in [0.05, 0.1) is 11.5 Å². The van der Waals surface area contributed by atoms with E-state index in [2.05, 4.69) is 71.2 Å². The molecule has 1 N–H and O–H groups in total. The van der Waals surface area contributed by atoms with Crippen LogP contribution in [0.5, 0.6) is 0 Å². The topological polar surface area (TPSA) is 35.8 Å². The molecule has 0 radical (unpaired) electrons. The van der Waals surface area contributed by atoms with E-state index in [1.54, 1.807) is 0 Å². The van der Waals surface area contributed by atoms with Gasteiger partial charge in [-0.3, -0.25) is 0 Å². The van der Waals surface area contributed by atoms with Gasteiger partial charge in [-0.1, -0.05) is 36.4 Å². The molecule has 0 aromatic heterocycles. The van der Waals surface area contributed by atoms with Gasteiger partial charge in [0.15, 0.2) is 0 Å². The van der Waals surface area contributed by atoms with E-state index in [1.807, 2.05) is 18.2 Å². The summed E-state index contributed by atoms with van der Waals surface area (Å²) >= 11 is 2.36. The molecule has 21 heavy (non-hydrogen) atoms. The van der Waals surface area contributed by atoms with Crippen molar-refractivity contribution in [1.29, 1.82) is 5.26 Å². The summed E-state index contributed by atoms with van der Waals surface area (Å²) in [4.78, 5) is 0. The van der Waals surface area contributed by atoms with Crippen molar-refractivity contribution in [2.75, 3.05) is 5.32 Å². The predicted molar refractivity (Wildman–Crippen MR) is 94.3 cm³/mol. The Balaban J connectivity index is 1.70. The van der Waals surface area contributed by atoms with E-state index < -0.39 is 0 Å². The van der Waals surface area contributed by atoms with E-state index >= 15 is 0 Å². The van der Waals surface area contributed by atoms with Crippen molar-refractivity contribution < 1.29 is 0 Å². The van der Waals surface area contributed by atoms with E-state index in [0.29, 0.717) is 6.04 Å². The highest BCUT2D eigenvalue weighted by atomic mass is 127. The fourth-order valence-electron chi connectivity index (χ4n) is 2.95. The lowest BCUT2D eigenvalue weighted by Crippen LogP contribution is -2.47. The predicted octanol–water partition coefficient (Wildman–Crippen LogP) is 4.64. The van der Waals surface area contributed by atoms with Crippen LogP contribution in [0, 0.1) is 21.8 Å². The second kappa shape index (κ2) is 5.69. The number of hydrogen-bond donors (Lipinski definition) is 1. The Hall–Kier alpha value is -1.54. The van der Waals surface area contributed by atoms with Gasteiger partial charge >= 0.3 is 0 Å². The van der Waals surface area contributed by atoms with E-state index in [9.17, 15) is 5.26 Å². The number of aryl methyl sites for hydroxylation is 1. The van der Waals surface area contributed by atoms with E-state index in [1.165, 1.54) is 9.13 Å². The minimum absolute atomic E-state index is 0.309. The molecule has 106 valence electrons. The van der Waals surface area contributed by atoms with Gasteiger partial charge in [-0.05, 0) is 65.6 Å². The Morgan fingerprint density at radius 3 is 2.52 bits per heavy atom. The van der Waals surface area contributed by atoms with Crippen molar-refractivity contribution in [2.45, 2.75) is 31.2 Å². The van der Waals surface area contributed by atoms with E-state index in [0.717, 1.165) is 24.1 Å².